The van der Waals surface area contributed by atoms with Gasteiger partial charge >= 0.3 is 11.9 Å². The van der Waals surface area contributed by atoms with Crippen molar-refractivity contribution in [1.82, 2.24) is 0 Å². The Morgan fingerprint density at radius 3 is 2.71 bits per heavy atom. The number of esters is 1. The molecule has 2 atom stereocenters. The second kappa shape index (κ2) is 4.11. The van der Waals surface area contributed by atoms with E-state index in [2.05, 4.69) is 4.74 Å². The molecule has 0 spiro atoms. The molecule has 7 heteroatoms. The standard InChI is InChI=1S/C7H11O6P/c8-6(9)1-2-14(11,12)5-3-7(10)13-4-5/h5H,1-4H2,(H,8,9)(H,11,12). The number of carboxylic acid groups (broad SMARTS) is 1. The first kappa shape index (κ1) is 11.2. The molecule has 0 radical (unpaired) electrons. The number of cyclic esters (lactones) is 1. The third kappa shape index (κ3) is 2.82. The number of ether oxygens (including phenoxy) is 1. The Bertz CT molecular complexity index is 299. The molecule has 0 saturated carbocycles. The van der Waals surface area contributed by atoms with Crippen molar-refractivity contribution in [3.05, 3.63) is 0 Å². The molecule has 2 N–H and O–H groups in total. The molecule has 1 aliphatic heterocycles. The van der Waals surface area contributed by atoms with Crippen LogP contribution in [0.4, 0.5) is 0 Å². The molecule has 2 unspecified atom stereocenters. The summed E-state index contributed by atoms with van der Waals surface area (Å²) in [7, 11) is -3.56. The molecule has 0 aromatic heterocycles. The Morgan fingerprint density at radius 2 is 2.29 bits per heavy atom. The molecule has 1 rings (SSSR count). The van der Waals surface area contributed by atoms with Crippen LogP contribution >= 0.6 is 7.37 Å². The van der Waals surface area contributed by atoms with Crippen LogP contribution in [0.5, 0.6) is 0 Å². The molecule has 6 nitrogen and oxygen atoms in total. The van der Waals surface area contributed by atoms with Crippen molar-refractivity contribution in [2.24, 2.45) is 0 Å². The zero-order valence-corrected chi connectivity index (χ0v) is 8.27. The van der Waals surface area contributed by atoms with Gasteiger partial charge in [-0.05, 0) is 0 Å². The van der Waals surface area contributed by atoms with Gasteiger partial charge in [0.15, 0.2) is 0 Å². The van der Waals surface area contributed by atoms with Crippen LogP contribution in [-0.4, -0.2) is 40.4 Å². The summed E-state index contributed by atoms with van der Waals surface area (Å²) in [5, 5.41) is 8.34. The number of rotatable bonds is 4. The van der Waals surface area contributed by atoms with Crippen molar-refractivity contribution in [3.8, 4) is 0 Å². The lowest BCUT2D eigenvalue weighted by molar-refractivity contribution is -0.138. The van der Waals surface area contributed by atoms with E-state index in [9.17, 15) is 19.0 Å². The quantitative estimate of drug-likeness (QED) is 0.514. The van der Waals surface area contributed by atoms with E-state index < -0.39 is 25.0 Å². The van der Waals surface area contributed by atoms with Gasteiger partial charge in [-0.3, -0.25) is 14.2 Å². The monoisotopic (exact) mass is 222 g/mol. The van der Waals surface area contributed by atoms with Gasteiger partial charge in [-0.2, -0.15) is 0 Å². The van der Waals surface area contributed by atoms with E-state index in [0.29, 0.717) is 0 Å². The lowest BCUT2D eigenvalue weighted by Crippen LogP contribution is -2.12. The fraction of sp³-hybridized carbons (Fsp3) is 0.714. The average Bonchev–Trinajstić information content (AvgIpc) is 2.49. The van der Waals surface area contributed by atoms with E-state index in [-0.39, 0.29) is 25.6 Å². The predicted molar refractivity (Wildman–Crippen MR) is 46.3 cm³/mol. The van der Waals surface area contributed by atoms with Gasteiger partial charge in [-0.15, -0.1) is 0 Å². The average molecular weight is 222 g/mol. The molecule has 1 fully saturated rings. The SMILES string of the molecule is O=C(O)CCP(=O)(O)C1COC(=O)C1. The molecular weight excluding hydrogens is 211 g/mol. The van der Waals surface area contributed by atoms with Crippen molar-refractivity contribution in [2.45, 2.75) is 18.5 Å². The summed E-state index contributed by atoms with van der Waals surface area (Å²) in [5.74, 6) is -1.62. The second-order valence-corrected chi connectivity index (χ2v) is 5.85. The summed E-state index contributed by atoms with van der Waals surface area (Å²) in [5.41, 5.74) is -0.727. The van der Waals surface area contributed by atoms with Crippen molar-refractivity contribution < 1.29 is 28.9 Å². The van der Waals surface area contributed by atoms with Crippen molar-refractivity contribution >= 4 is 19.3 Å². The molecule has 1 aliphatic rings. The molecule has 0 aliphatic carbocycles. The number of carbonyl (C=O) groups excluding carboxylic acids is 1. The van der Waals surface area contributed by atoms with Crippen LogP contribution in [0.25, 0.3) is 0 Å². The molecule has 0 bridgehead atoms. The highest BCUT2D eigenvalue weighted by Crippen LogP contribution is 2.50. The van der Waals surface area contributed by atoms with Gasteiger partial charge in [0.25, 0.3) is 0 Å². The van der Waals surface area contributed by atoms with Crippen LogP contribution in [0.15, 0.2) is 0 Å². The Kier molecular flexibility index (Phi) is 3.29. The predicted octanol–water partition coefficient (Wildman–Crippen LogP) is 0.0470. The van der Waals surface area contributed by atoms with Crippen molar-refractivity contribution in [2.75, 3.05) is 12.8 Å². The normalized spacial score (nSPS) is 25.5. The highest BCUT2D eigenvalue weighted by Gasteiger charge is 2.38. The molecular formula is C7H11O6P. The summed E-state index contributed by atoms with van der Waals surface area (Å²) in [6.45, 7) is -0.0772. The summed E-state index contributed by atoms with van der Waals surface area (Å²) in [6, 6.07) is 0. The van der Waals surface area contributed by atoms with Gasteiger partial charge in [0.05, 0.1) is 18.5 Å². The zero-order valence-electron chi connectivity index (χ0n) is 7.38. The Morgan fingerprint density at radius 1 is 1.64 bits per heavy atom. The van der Waals surface area contributed by atoms with Crippen LogP contribution in [0.3, 0.4) is 0 Å². The van der Waals surface area contributed by atoms with E-state index in [0.717, 1.165) is 0 Å². The third-order valence-electron chi connectivity index (χ3n) is 2.06. The van der Waals surface area contributed by atoms with E-state index in [4.69, 9.17) is 5.11 Å². The first-order valence-electron chi connectivity index (χ1n) is 4.11. The van der Waals surface area contributed by atoms with Crippen LogP contribution in [0.2, 0.25) is 0 Å². The van der Waals surface area contributed by atoms with Gasteiger partial charge in [0.1, 0.15) is 6.61 Å². The fourth-order valence-corrected chi connectivity index (χ4v) is 2.82. The topological polar surface area (TPSA) is 101 Å². The number of hydrogen-bond donors (Lipinski definition) is 2. The minimum atomic E-state index is -3.56. The zero-order chi connectivity index (χ0) is 10.8. The Labute approximate surface area is 80.3 Å². The first-order valence-corrected chi connectivity index (χ1v) is 6.02. The number of carbonyl (C=O) groups is 2. The lowest BCUT2D eigenvalue weighted by Gasteiger charge is -2.14. The largest absolute Gasteiger partial charge is 0.481 e. The summed E-state index contributed by atoms with van der Waals surface area (Å²) >= 11 is 0. The molecule has 14 heavy (non-hydrogen) atoms. The van der Waals surface area contributed by atoms with Gasteiger partial charge < -0.3 is 14.7 Å². The molecule has 0 aromatic carbocycles. The smallest absolute Gasteiger partial charge is 0.306 e. The molecule has 1 heterocycles. The number of carboxylic acids is 1. The van der Waals surface area contributed by atoms with Gasteiger partial charge in [-0.1, -0.05) is 0 Å². The molecule has 0 aromatic rings. The van der Waals surface area contributed by atoms with E-state index in [1.54, 1.807) is 0 Å². The Balaban J connectivity index is 2.52. The number of hydrogen-bond acceptors (Lipinski definition) is 4. The van der Waals surface area contributed by atoms with Gasteiger partial charge in [0.2, 0.25) is 7.37 Å². The maximum Gasteiger partial charge on any atom is 0.306 e. The van der Waals surface area contributed by atoms with E-state index in [1.165, 1.54) is 0 Å². The first-order chi connectivity index (χ1) is 6.42. The fourth-order valence-electron chi connectivity index (χ4n) is 1.20. The third-order valence-corrected chi connectivity index (χ3v) is 4.39. The van der Waals surface area contributed by atoms with Crippen LogP contribution in [0.1, 0.15) is 12.8 Å². The van der Waals surface area contributed by atoms with Crippen LogP contribution in [0, 0.1) is 0 Å². The minimum Gasteiger partial charge on any atom is -0.481 e. The van der Waals surface area contributed by atoms with Crippen molar-refractivity contribution in [3.63, 3.8) is 0 Å². The Hall–Kier alpha value is -0.870. The summed E-state index contributed by atoms with van der Waals surface area (Å²) < 4.78 is 16.1. The highest BCUT2D eigenvalue weighted by atomic mass is 31.2. The van der Waals surface area contributed by atoms with E-state index in [1.807, 2.05) is 0 Å². The molecule has 80 valence electrons. The number of aliphatic carboxylic acids is 1. The second-order valence-electron chi connectivity index (χ2n) is 3.16. The van der Waals surface area contributed by atoms with Gasteiger partial charge in [0, 0.05) is 6.16 Å². The minimum absolute atomic E-state index is 0.0772. The lowest BCUT2D eigenvalue weighted by atomic mass is 10.4. The maximum atomic E-state index is 11.5. The van der Waals surface area contributed by atoms with Crippen LogP contribution < -0.4 is 0 Å². The van der Waals surface area contributed by atoms with Crippen molar-refractivity contribution in [1.29, 1.82) is 0 Å². The summed E-state index contributed by atoms with van der Waals surface area (Å²) in [6.07, 6.45) is -0.754. The van der Waals surface area contributed by atoms with Gasteiger partial charge in [-0.25, -0.2) is 0 Å². The molecule has 1 saturated heterocycles. The molecule has 0 amide bonds. The van der Waals surface area contributed by atoms with E-state index >= 15 is 0 Å². The van der Waals surface area contributed by atoms with Crippen LogP contribution in [-0.2, 0) is 18.9 Å². The highest BCUT2D eigenvalue weighted by molar-refractivity contribution is 7.58. The summed E-state index contributed by atoms with van der Waals surface area (Å²) in [4.78, 5) is 30.3. The maximum absolute atomic E-state index is 11.5.